The molecule has 1 atom stereocenters. The maximum absolute atomic E-state index is 12.1. The lowest BCUT2D eigenvalue weighted by molar-refractivity contribution is -0.00779. The molecule has 1 amide bonds. The molecule has 0 aliphatic carbocycles. The number of nitrogens with zero attached hydrogens (tertiary/aromatic N) is 2. The fraction of sp³-hybridized carbons (Fsp3) is 0.708. The fourth-order valence-electron chi connectivity index (χ4n) is 4.32. The minimum absolute atomic E-state index is 0.159. The van der Waals surface area contributed by atoms with Crippen LogP contribution in [0.2, 0.25) is 0 Å². The number of carbonyl (C=O) groups is 1. The number of carbonyl (C=O) groups excluding carboxylic acids is 1. The van der Waals surface area contributed by atoms with Gasteiger partial charge in [-0.3, -0.25) is 4.90 Å². The summed E-state index contributed by atoms with van der Waals surface area (Å²) < 4.78 is 11.4. The van der Waals surface area contributed by atoms with Crippen molar-refractivity contribution < 1.29 is 14.3 Å². The summed E-state index contributed by atoms with van der Waals surface area (Å²) in [6, 6.07) is 10.8. The highest BCUT2D eigenvalue weighted by Crippen LogP contribution is 2.30. The third-order valence-electron chi connectivity index (χ3n) is 6.02. The summed E-state index contributed by atoms with van der Waals surface area (Å²) >= 11 is 0. The Morgan fingerprint density at radius 1 is 1.10 bits per heavy atom. The van der Waals surface area contributed by atoms with Gasteiger partial charge in [-0.2, -0.15) is 0 Å². The molecule has 5 nitrogen and oxygen atoms in total. The fourth-order valence-corrected chi connectivity index (χ4v) is 4.32. The van der Waals surface area contributed by atoms with Crippen LogP contribution in [0.1, 0.15) is 52.5 Å². The number of benzene rings is 1. The van der Waals surface area contributed by atoms with E-state index in [2.05, 4.69) is 36.1 Å². The van der Waals surface area contributed by atoms with Crippen LogP contribution in [0, 0.1) is 11.8 Å². The van der Waals surface area contributed by atoms with Gasteiger partial charge in [0.2, 0.25) is 0 Å². The van der Waals surface area contributed by atoms with E-state index in [0.717, 1.165) is 38.7 Å². The van der Waals surface area contributed by atoms with Crippen molar-refractivity contribution in [3.8, 4) is 0 Å². The Morgan fingerprint density at radius 3 is 2.38 bits per heavy atom. The minimum atomic E-state index is -0.406. The second-order valence-electron chi connectivity index (χ2n) is 9.82. The Hall–Kier alpha value is -1.59. The maximum atomic E-state index is 12.1. The number of likely N-dealkylation sites (tertiary alicyclic amines) is 2. The van der Waals surface area contributed by atoms with Crippen molar-refractivity contribution in [1.29, 1.82) is 0 Å². The summed E-state index contributed by atoms with van der Waals surface area (Å²) in [5.74, 6) is 1.43. The second-order valence-corrected chi connectivity index (χ2v) is 9.82. The molecule has 0 aromatic heterocycles. The Kier molecular flexibility index (Phi) is 7.58. The quantitative estimate of drug-likeness (QED) is 0.670. The van der Waals surface area contributed by atoms with Crippen molar-refractivity contribution in [1.82, 2.24) is 9.80 Å². The highest BCUT2D eigenvalue weighted by Gasteiger charge is 2.35. The molecule has 5 heteroatoms. The molecule has 0 radical (unpaired) electrons. The predicted molar refractivity (Wildman–Crippen MR) is 116 cm³/mol. The molecule has 2 saturated heterocycles. The highest BCUT2D eigenvalue weighted by molar-refractivity contribution is 5.69. The molecule has 1 unspecified atom stereocenters. The van der Waals surface area contributed by atoms with Gasteiger partial charge < -0.3 is 14.4 Å². The van der Waals surface area contributed by atoms with Gasteiger partial charge in [-0.15, -0.1) is 0 Å². The van der Waals surface area contributed by atoms with Crippen LogP contribution in [0.4, 0.5) is 4.79 Å². The maximum Gasteiger partial charge on any atom is 0.410 e. The topological polar surface area (TPSA) is 42.0 Å². The molecule has 3 rings (SSSR count). The highest BCUT2D eigenvalue weighted by atomic mass is 16.6. The van der Waals surface area contributed by atoms with Crippen molar-refractivity contribution in [2.45, 2.75) is 65.2 Å². The molecule has 2 aliphatic rings. The summed E-state index contributed by atoms with van der Waals surface area (Å²) in [5, 5.41) is 0. The minimum Gasteiger partial charge on any atom is -0.444 e. The van der Waals surface area contributed by atoms with E-state index >= 15 is 0 Å². The molecule has 2 heterocycles. The smallest absolute Gasteiger partial charge is 0.410 e. The molecule has 0 saturated carbocycles. The molecule has 1 aromatic carbocycles. The molecule has 0 spiro atoms. The zero-order valence-electron chi connectivity index (χ0n) is 18.6. The summed E-state index contributed by atoms with van der Waals surface area (Å²) in [6.45, 7) is 13.5. The monoisotopic (exact) mass is 402 g/mol. The van der Waals surface area contributed by atoms with Crippen LogP contribution in [-0.4, -0.2) is 60.3 Å². The Morgan fingerprint density at radius 2 is 1.76 bits per heavy atom. The lowest BCUT2D eigenvalue weighted by atomic mass is 9.83. The second kappa shape index (κ2) is 9.94. The van der Waals surface area contributed by atoms with Gasteiger partial charge in [0.1, 0.15) is 5.60 Å². The SMILES string of the molecule is CC(COCc1ccccc1)N1CCC(CC2CN(C(=O)OC(C)(C)C)C2)CC1. The number of hydrogen-bond acceptors (Lipinski definition) is 4. The third kappa shape index (κ3) is 7.00. The number of piperidine rings is 1. The molecule has 0 bridgehead atoms. The van der Waals surface area contributed by atoms with Crippen LogP contribution in [-0.2, 0) is 16.1 Å². The van der Waals surface area contributed by atoms with Crippen molar-refractivity contribution in [2.24, 2.45) is 11.8 Å². The Labute approximate surface area is 176 Å². The first-order chi connectivity index (χ1) is 13.8. The van der Waals surface area contributed by atoms with E-state index in [0.29, 0.717) is 18.6 Å². The first-order valence-electron chi connectivity index (χ1n) is 11.1. The van der Waals surface area contributed by atoms with Gasteiger partial charge in [-0.1, -0.05) is 30.3 Å². The van der Waals surface area contributed by atoms with E-state index in [1.807, 2.05) is 31.7 Å². The standard InChI is InChI=1S/C24H38N2O3/c1-19(17-28-18-21-8-6-5-7-9-21)25-12-10-20(11-13-25)14-22-15-26(16-22)23(27)29-24(2,3)4/h5-9,19-20,22H,10-18H2,1-4H3. The lowest BCUT2D eigenvalue weighted by Crippen LogP contribution is -2.52. The van der Waals surface area contributed by atoms with Gasteiger partial charge in [0, 0.05) is 19.1 Å². The molecule has 2 fully saturated rings. The van der Waals surface area contributed by atoms with Gasteiger partial charge in [-0.05, 0) is 77.4 Å². The van der Waals surface area contributed by atoms with E-state index in [9.17, 15) is 4.79 Å². The number of rotatable bonds is 7. The molecular weight excluding hydrogens is 364 g/mol. The molecule has 2 aliphatic heterocycles. The van der Waals surface area contributed by atoms with E-state index < -0.39 is 5.60 Å². The Balaban J connectivity index is 1.28. The summed E-state index contributed by atoms with van der Waals surface area (Å²) in [5.41, 5.74) is 0.829. The third-order valence-corrected chi connectivity index (χ3v) is 6.02. The van der Waals surface area contributed by atoms with E-state index in [-0.39, 0.29) is 6.09 Å². The van der Waals surface area contributed by atoms with Crippen molar-refractivity contribution in [3.05, 3.63) is 35.9 Å². The summed E-state index contributed by atoms with van der Waals surface area (Å²) in [7, 11) is 0. The van der Waals surface area contributed by atoms with Gasteiger partial charge >= 0.3 is 6.09 Å². The number of ether oxygens (including phenoxy) is 2. The van der Waals surface area contributed by atoms with Crippen molar-refractivity contribution in [2.75, 3.05) is 32.8 Å². The first-order valence-corrected chi connectivity index (χ1v) is 11.1. The van der Waals surface area contributed by atoms with E-state index in [1.165, 1.54) is 24.8 Å². The zero-order valence-corrected chi connectivity index (χ0v) is 18.6. The summed E-state index contributed by atoms with van der Waals surface area (Å²) in [6.07, 6.45) is 3.59. The van der Waals surface area contributed by atoms with Crippen molar-refractivity contribution >= 4 is 6.09 Å². The average molecular weight is 403 g/mol. The first kappa shape index (κ1) is 22.1. The average Bonchev–Trinajstić information content (AvgIpc) is 2.64. The van der Waals surface area contributed by atoms with E-state index in [1.54, 1.807) is 0 Å². The van der Waals surface area contributed by atoms with E-state index in [4.69, 9.17) is 9.47 Å². The predicted octanol–water partition coefficient (Wildman–Crippen LogP) is 4.56. The molecule has 162 valence electrons. The van der Waals surface area contributed by atoms with Crippen LogP contribution in [0.5, 0.6) is 0 Å². The molecule has 1 aromatic rings. The lowest BCUT2D eigenvalue weighted by Gasteiger charge is -2.43. The Bertz CT molecular complexity index is 629. The number of hydrogen-bond donors (Lipinski definition) is 0. The zero-order chi connectivity index (χ0) is 20.9. The summed E-state index contributed by atoms with van der Waals surface area (Å²) in [4.78, 5) is 16.5. The van der Waals surface area contributed by atoms with Crippen LogP contribution in [0.25, 0.3) is 0 Å². The van der Waals surface area contributed by atoms with Gasteiger partial charge in [0.25, 0.3) is 0 Å². The van der Waals surface area contributed by atoms with Crippen LogP contribution in [0.15, 0.2) is 30.3 Å². The molecular formula is C24H38N2O3. The molecule has 29 heavy (non-hydrogen) atoms. The van der Waals surface area contributed by atoms with Crippen LogP contribution >= 0.6 is 0 Å². The van der Waals surface area contributed by atoms with Crippen molar-refractivity contribution in [3.63, 3.8) is 0 Å². The van der Waals surface area contributed by atoms with Gasteiger partial charge in [0.15, 0.2) is 0 Å². The normalized spacial score (nSPS) is 20.3. The number of amides is 1. The van der Waals surface area contributed by atoms with Gasteiger partial charge in [0.05, 0.1) is 13.2 Å². The van der Waals surface area contributed by atoms with Gasteiger partial charge in [-0.25, -0.2) is 4.79 Å². The molecule has 0 N–H and O–H groups in total. The van der Waals surface area contributed by atoms with Crippen LogP contribution < -0.4 is 0 Å². The van der Waals surface area contributed by atoms with Crippen LogP contribution in [0.3, 0.4) is 0 Å². The largest absolute Gasteiger partial charge is 0.444 e.